The van der Waals surface area contributed by atoms with Crippen LogP contribution in [0.15, 0.2) is 47.8 Å². The van der Waals surface area contributed by atoms with Gasteiger partial charge in [0.05, 0.1) is 18.3 Å². The molecule has 192 valence electrons. The van der Waals surface area contributed by atoms with Crippen LogP contribution in [0.4, 0.5) is 0 Å². The van der Waals surface area contributed by atoms with Crippen LogP contribution < -0.4 is 10.6 Å². The van der Waals surface area contributed by atoms with Crippen LogP contribution in [-0.4, -0.2) is 57.9 Å². The highest BCUT2D eigenvalue weighted by Crippen LogP contribution is 2.31. The van der Waals surface area contributed by atoms with Crippen LogP contribution in [-0.2, 0) is 16.1 Å². The lowest BCUT2D eigenvalue weighted by molar-refractivity contribution is -0.144. The minimum atomic E-state index is -1.24. The van der Waals surface area contributed by atoms with Gasteiger partial charge in [-0.3, -0.25) is 14.3 Å². The Hall–Kier alpha value is -3.14. The number of nitrogens with one attached hydrogen (secondary N) is 2. The molecule has 1 fully saturated rings. The third kappa shape index (κ3) is 6.16. The summed E-state index contributed by atoms with van der Waals surface area (Å²) in [6, 6.07) is 11.6. The van der Waals surface area contributed by atoms with E-state index in [0.717, 1.165) is 31.2 Å². The summed E-state index contributed by atoms with van der Waals surface area (Å²) in [4.78, 5) is 32.2. The van der Waals surface area contributed by atoms with Gasteiger partial charge in [0.25, 0.3) is 19.3 Å². The number of carbonyl (C=O) groups excluding carboxylic acids is 2. The standard InChI is InChI=1S/C26H36BN5O4/c1-18(2)14-23(27-35)30-25(34)26(15-19-8-4-3-5-9-19)16-20(31-36-26)17-28-24(33)22-12-13-29-32(22)21-10-6-7-11-21/h3-5,8-9,12-13,18,21,23,27,35H,6-7,10-11,14-17H2,1-2H3,(H,28,33)(H,30,34). The van der Waals surface area contributed by atoms with E-state index < -0.39 is 5.60 Å². The Kier molecular flexibility index (Phi) is 8.46. The lowest BCUT2D eigenvalue weighted by atomic mass is 9.80. The van der Waals surface area contributed by atoms with Crippen LogP contribution in [0, 0.1) is 5.92 Å². The third-order valence-corrected chi connectivity index (χ3v) is 6.92. The Morgan fingerprint density at radius 2 is 1.97 bits per heavy atom. The van der Waals surface area contributed by atoms with Crippen molar-refractivity contribution in [2.45, 2.75) is 76.4 Å². The summed E-state index contributed by atoms with van der Waals surface area (Å²) in [5.41, 5.74) is 0.829. The van der Waals surface area contributed by atoms with E-state index in [-0.39, 0.29) is 44.2 Å². The number of hydrogen-bond donors (Lipinski definition) is 3. The molecule has 2 aliphatic rings. The van der Waals surface area contributed by atoms with Crippen LogP contribution in [0.1, 0.15) is 74.5 Å². The molecule has 36 heavy (non-hydrogen) atoms. The molecule has 1 aromatic carbocycles. The lowest BCUT2D eigenvalue weighted by Gasteiger charge is -2.28. The summed E-state index contributed by atoms with van der Waals surface area (Å²) in [5, 5.41) is 24.3. The molecule has 10 heteroatoms. The first-order valence-corrected chi connectivity index (χ1v) is 12.9. The van der Waals surface area contributed by atoms with Gasteiger partial charge >= 0.3 is 0 Å². The van der Waals surface area contributed by atoms with E-state index in [1.54, 1.807) is 12.3 Å². The van der Waals surface area contributed by atoms with Crippen molar-refractivity contribution in [1.82, 2.24) is 20.4 Å². The second-order valence-electron chi connectivity index (χ2n) is 10.3. The molecule has 2 amide bonds. The Labute approximate surface area is 212 Å². The summed E-state index contributed by atoms with van der Waals surface area (Å²) in [6.07, 6.45) is 7.26. The maximum Gasteiger partial charge on any atom is 0.293 e. The van der Waals surface area contributed by atoms with Crippen molar-refractivity contribution >= 4 is 25.0 Å². The molecule has 0 spiro atoms. The van der Waals surface area contributed by atoms with E-state index in [0.29, 0.717) is 30.2 Å². The zero-order chi connectivity index (χ0) is 25.5. The van der Waals surface area contributed by atoms with Crippen molar-refractivity contribution in [2.75, 3.05) is 6.54 Å². The van der Waals surface area contributed by atoms with E-state index in [1.807, 2.05) is 48.9 Å². The largest absolute Gasteiger partial charge is 0.452 e. The van der Waals surface area contributed by atoms with Gasteiger partial charge in [-0.15, -0.1) is 0 Å². The second kappa shape index (κ2) is 11.7. The van der Waals surface area contributed by atoms with E-state index in [4.69, 9.17) is 4.84 Å². The fourth-order valence-corrected chi connectivity index (χ4v) is 5.14. The average molecular weight is 493 g/mol. The molecule has 2 unspecified atom stereocenters. The number of rotatable bonds is 11. The molecule has 2 aromatic rings. The molecule has 1 aliphatic heterocycles. The smallest absolute Gasteiger partial charge is 0.293 e. The minimum absolute atomic E-state index is 0.149. The molecular formula is C26H36BN5O4. The number of aromatic nitrogens is 2. The predicted molar refractivity (Wildman–Crippen MR) is 139 cm³/mol. The van der Waals surface area contributed by atoms with E-state index in [9.17, 15) is 14.6 Å². The highest BCUT2D eigenvalue weighted by Gasteiger charge is 2.47. The van der Waals surface area contributed by atoms with E-state index in [1.165, 1.54) is 0 Å². The van der Waals surface area contributed by atoms with Crippen molar-refractivity contribution in [3.8, 4) is 0 Å². The van der Waals surface area contributed by atoms with E-state index in [2.05, 4.69) is 20.9 Å². The second-order valence-corrected chi connectivity index (χ2v) is 10.3. The first-order valence-electron chi connectivity index (χ1n) is 12.9. The minimum Gasteiger partial charge on any atom is -0.452 e. The fourth-order valence-electron chi connectivity index (χ4n) is 5.14. The molecule has 4 rings (SSSR count). The molecular weight excluding hydrogens is 457 g/mol. The van der Waals surface area contributed by atoms with Crippen molar-refractivity contribution in [3.63, 3.8) is 0 Å². The Bertz CT molecular complexity index is 1070. The van der Waals surface area contributed by atoms with Gasteiger partial charge in [0.2, 0.25) is 5.60 Å². The molecule has 0 bridgehead atoms. The molecule has 0 radical (unpaired) electrons. The van der Waals surface area contributed by atoms with Crippen LogP contribution in [0.5, 0.6) is 0 Å². The van der Waals surface area contributed by atoms with Gasteiger partial charge in [-0.05, 0) is 36.8 Å². The van der Waals surface area contributed by atoms with Crippen molar-refractivity contribution in [1.29, 1.82) is 0 Å². The van der Waals surface area contributed by atoms with Crippen molar-refractivity contribution in [3.05, 3.63) is 53.9 Å². The van der Waals surface area contributed by atoms with E-state index >= 15 is 0 Å². The Balaban J connectivity index is 1.43. The summed E-state index contributed by atoms with van der Waals surface area (Å²) in [6.45, 7) is 4.26. The van der Waals surface area contributed by atoms with Gasteiger partial charge in [-0.25, -0.2) is 0 Å². The third-order valence-electron chi connectivity index (χ3n) is 6.92. The zero-order valence-corrected chi connectivity index (χ0v) is 21.2. The normalized spacial score (nSPS) is 20.6. The Morgan fingerprint density at radius 1 is 1.22 bits per heavy atom. The summed E-state index contributed by atoms with van der Waals surface area (Å²) in [7, 11) is -0.149. The maximum absolute atomic E-state index is 13.5. The summed E-state index contributed by atoms with van der Waals surface area (Å²) < 4.78 is 1.83. The summed E-state index contributed by atoms with van der Waals surface area (Å²) in [5.74, 6) is -0.579. The molecule has 9 nitrogen and oxygen atoms in total. The number of hydrogen-bond acceptors (Lipinski definition) is 6. The average Bonchev–Trinajstić information content (AvgIpc) is 3.63. The molecule has 0 saturated heterocycles. The van der Waals surface area contributed by atoms with Gasteiger partial charge < -0.3 is 20.5 Å². The number of benzene rings is 1. The monoisotopic (exact) mass is 493 g/mol. The topological polar surface area (TPSA) is 118 Å². The van der Waals surface area contributed by atoms with Gasteiger partial charge in [0.1, 0.15) is 5.69 Å². The highest BCUT2D eigenvalue weighted by molar-refractivity contribution is 6.28. The molecule has 1 aliphatic carbocycles. The van der Waals surface area contributed by atoms with Gasteiger partial charge in [0.15, 0.2) is 0 Å². The summed E-state index contributed by atoms with van der Waals surface area (Å²) >= 11 is 0. The van der Waals surface area contributed by atoms with Crippen LogP contribution in [0.2, 0.25) is 0 Å². The van der Waals surface area contributed by atoms with Crippen molar-refractivity contribution < 1.29 is 19.5 Å². The first-order chi connectivity index (χ1) is 17.4. The van der Waals surface area contributed by atoms with Crippen LogP contribution in [0.3, 0.4) is 0 Å². The van der Waals surface area contributed by atoms with Gasteiger partial charge in [0, 0.05) is 25.0 Å². The SMILES string of the molecule is CC(C)CC(BO)NC(=O)C1(Cc2ccccc2)CC(CNC(=O)c2ccnn2C2CCCC2)=NO1. The van der Waals surface area contributed by atoms with Gasteiger partial charge in [-0.1, -0.05) is 62.2 Å². The molecule has 2 atom stereocenters. The number of carbonyl (C=O) groups is 2. The zero-order valence-electron chi connectivity index (χ0n) is 21.2. The molecule has 1 saturated carbocycles. The number of amides is 2. The fraction of sp³-hybridized carbons (Fsp3) is 0.538. The lowest BCUT2D eigenvalue weighted by Crippen LogP contribution is -2.53. The maximum atomic E-state index is 13.5. The predicted octanol–water partition coefficient (Wildman–Crippen LogP) is 2.32. The number of nitrogens with zero attached hydrogens (tertiary/aromatic N) is 3. The number of oxime groups is 1. The molecule has 3 N–H and O–H groups in total. The van der Waals surface area contributed by atoms with Gasteiger partial charge in [-0.2, -0.15) is 5.10 Å². The van der Waals surface area contributed by atoms with Crippen molar-refractivity contribution in [2.24, 2.45) is 11.1 Å². The first kappa shape index (κ1) is 25.9. The van der Waals surface area contributed by atoms with Crippen LogP contribution >= 0.6 is 0 Å². The molecule has 1 aromatic heterocycles. The molecule has 2 heterocycles. The highest BCUT2D eigenvalue weighted by atomic mass is 16.7. The Morgan fingerprint density at radius 3 is 2.67 bits per heavy atom. The van der Waals surface area contributed by atoms with Crippen LogP contribution in [0.25, 0.3) is 0 Å². The quantitative estimate of drug-likeness (QED) is 0.416.